The second kappa shape index (κ2) is 5.68. The van der Waals surface area contributed by atoms with Crippen LogP contribution in [0.15, 0.2) is 18.2 Å². The number of ether oxygens (including phenoxy) is 1. The van der Waals surface area contributed by atoms with Gasteiger partial charge in [-0.1, -0.05) is 23.8 Å². The number of benzene rings is 1. The van der Waals surface area contributed by atoms with Crippen LogP contribution < -0.4 is 0 Å². The molecule has 0 amide bonds. The topological polar surface area (TPSA) is 9.23 Å². The second-order valence-corrected chi connectivity index (χ2v) is 2.32. The molecule has 0 bridgehead atoms. The molecule has 0 N–H and O–H groups in total. The summed E-state index contributed by atoms with van der Waals surface area (Å²) in [6.45, 7) is 2.70. The third-order valence-corrected chi connectivity index (χ3v) is 1.33. The van der Waals surface area contributed by atoms with E-state index >= 15 is 0 Å². The Labute approximate surface area is 86.9 Å². The van der Waals surface area contributed by atoms with Gasteiger partial charge in [-0.2, -0.15) is 0 Å². The molecule has 1 radical (unpaired) electrons. The number of aryl methyl sites for hydroxylation is 1. The van der Waals surface area contributed by atoms with Crippen LogP contribution in [0, 0.1) is 13.0 Å². The first kappa shape index (κ1) is 11.1. The van der Waals surface area contributed by atoms with E-state index in [4.69, 9.17) is 4.74 Å². The van der Waals surface area contributed by atoms with Gasteiger partial charge < -0.3 is 4.74 Å². The zero-order chi connectivity index (χ0) is 7.40. The molecule has 1 aromatic carbocycles. The summed E-state index contributed by atoms with van der Waals surface area (Å²) in [7, 11) is 1.69. The van der Waals surface area contributed by atoms with E-state index in [1.165, 1.54) is 5.56 Å². The number of methoxy groups -OCH3 is 1. The summed E-state index contributed by atoms with van der Waals surface area (Å²) in [4.78, 5) is 0. The molecule has 0 heterocycles. The Morgan fingerprint density at radius 1 is 1.45 bits per heavy atom. The third kappa shape index (κ3) is 3.83. The Balaban J connectivity index is 0.000001000. The summed E-state index contributed by atoms with van der Waals surface area (Å²) in [6, 6.07) is 9.17. The minimum absolute atomic E-state index is 0. The third-order valence-electron chi connectivity index (χ3n) is 1.33. The molecule has 61 valence electrons. The van der Waals surface area contributed by atoms with Crippen LogP contribution in [0.1, 0.15) is 11.1 Å². The first-order chi connectivity index (χ1) is 4.83. The SMILES string of the molecule is COCc1[c]cc(C)cc1.[BiH3]. The zero-order valence-electron chi connectivity index (χ0n) is 7.05. The molecule has 0 aromatic heterocycles. The first-order valence-corrected chi connectivity index (χ1v) is 3.29. The maximum atomic E-state index is 4.94. The van der Waals surface area contributed by atoms with Crippen molar-refractivity contribution in [1.82, 2.24) is 0 Å². The Morgan fingerprint density at radius 2 is 2.18 bits per heavy atom. The van der Waals surface area contributed by atoms with Gasteiger partial charge in [0.1, 0.15) is 0 Å². The fraction of sp³-hybridized carbons (Fsp3) is 0.333. The van der Waals surface area contributed by atoms with Crippen LogP contribution in [0.4, 0.5) is 0 Å². The molecule has 0 aliphatic carbocycles. The zero-order valence-corrected chi connectivity index (χ0v) is 12.6. The van der Waals surface area contributed by atoms with Gasteiger partial charge in [-0.3, -0.25) is 0 Å². The normalized spacial score (nSPS) is 8.91. The monoisotopic (exact) mass is 347 g/mol. The van der Waals surface area contributed by atoms with E-state index in [0.717, 1.165) is 5.56 Å². The molecule has 0 aliphatic rings. The van der Waals surface area contributed by atoms with Gasteiger partial charge in [0, 0.05) is 7.11 Å². The minimum atomic E-state index is 0. The molecule has 0 fully saturated rings. The van der Waals surface area contributed by atoms with E-state index in [9.17, 15) is 0 Å². The summed E-state index contributed by atoms with van der Waals surface area (Å²) in [5.74, 6) is 0. The fourth-order valence-corrected chi connectivity index (χ4v) is 0.780. The molecule has 1 nitrogen and oxygen atoms in total. The van der Waals surface area contributed by atoms with Crippen LogP contribution >= 0.6 is 0 Å². The number of hydrogen-bond donors (Lipinski definition) is 0. The van der Waals surface area contributed by atoms with Crippen LogP contribution in [0.3, 0.4) is 0 Å². The van der Waals surface area contributed by atoms with Crippen LogP contribution in [0.25, 0.3) is 0 Å². The van der Waals surface area contributed by atoms with Crippen molar-refractivity contribution in [3.63, 3.8) is 0 Å². The van der Waals surface area contributed by atoms with E-state index < -0.39 is 0 Å². The van der Waals surface area contributed by atoms with Crippen molar-refractivity contribution in [3.05, 3.63) is 35.4 Å². The molecule has 0 saturated carbocycles. The summed E-state index contributed by atoms with van der Waals surface area (Å²) in [5, 5.41) is 0. The Kier molecular flexibility index (Phi) is 5.71. The van der Waals surface area contributed by atoms with Crippen LogP contribution in [-0.2, 0) is 11.3 Å². The van der Waals surface area contributed by atoms with Gasteiger partial charge in [-0.25, -0.2) is 0 Å². The van der Waals surface area contributed by atoms with Gasteiger partial charge in [-0.05, 0) is 18.6 Å². The molecular formula is C9H14BiO. The predicted octanol–water partition coefficient (Wildman–Crippen LogP) is 0.758. The molecule has 1 rings (SSSR count). The summed E-state index contributed by atoms with van der Waals surface area (Å²) in [6.07, 6.45) is 0. The Bertz CT molecular complexity index is 193. The average molecular weight is 347 g/mol. The Hall–Kier alpha value is 0.0631. The van der Waals surface area contributed by atoms with Crippen molar-refractivity contribution < 1.29 is 4.74 Å². The Morgan fingerprint density at radius 3 is 2.64 bits per heavy atom. The van der Waals surface area contributed by atoms with Crippen molar-refractivity contribution in [2.45, 2.75) is 13.5 Å². The van der Waals surface area contributed by atoms with Crippen molar-refractivity contribution in [1.29, 1.82) is 0 Å². The van der Waals surface area contributed by atoms with Gasteiger partial charge in [0.05, 0.1) is 6.61 Å². The van der Waals surface area contributed by atoms with E-state index in [0.29, 0.717) is 6.61 Å². The van der Waals surface area contributed by atoms with Crippen LogP contribution in [-0.4, -0.2) is 33.3 Å². The number of hydrogen-bond acceptors (Lipinski definition) is 1. The number of rotatable bonds is 2. The molecule has 2 heteroatoms. The van der Waals surface area contributed by atoms with Crippen molar-refractivity contribution in [2.75, 3.05) is 7.11 Å². The maximum absolute atomic E-state index is 4.94. The second-order valence-electron chi connectivity index (χ2n) is 2.32. The molecule has 0 spiro atoms. The standard InChI is InChI=1S/C9H11O.Bi.3H/c1-8-3-5-9(6-4-8)7-10-2;;;;/h3-5H,7H2,1-2H3;;;;. The van der Waals surface area contributed by atoms with E-state index in [2.05, 4.69) is 12.1 Å². The molecule has 0 unspecified atom stereocenters. The molecule has 0 atom stereocenters. The average Bonchev–Trinajstić information content (AvgIpc) is 1.95. The molecule has 0 saturated heterocycles. The van der Waals surface area contributed by atoms with Gasteiger partial charge in [0.2, 0.25) is 0 Å². The fourth-order valence-electron chi connectivity index (χ4n) is 0.780. The molecule has 1 aromatic rings. The van der Waals surface area contributed by atoms with E-state index in [1.54, 1.807) is 7.11 Å². The van der Waals surface area contributed by atoms with Gasteiger partial charge >= 0.3 is 26.2 Å². The van der Waals surface area contributed by atoms with Crippen LogP contribution in [0.2, 0.25) is 0 Å². The predicted molar refractivity (Wildman–Crippen MR) is 50.7 cm³/mol. The molecular weight excluding hydrogens is 333 g/mol. The molecule has 11 heavy (non-hydrogen) atoms. The van der Waals surface area contributed by atoms with E-state index in [-0.39, 0.29) is 26.2 Å². The van der Waals surface area contributed by atoms with Crippen molar-refractivity contribution in [2.24, 2.45) is 0 Å². The van der Waals surface area contributed by atoms with Crippen LogP contribution in [0.5, 0.6) is 0 Å². The summed E-state index contributed by atoms with van der Waals surface area (Å²) in [5.41, 5.74) is 2.34. The summed E-state index contributed by atoms with van der Waals surface area (Å²) >= 11 is 0. The van der Waals surface area contributed by atoms with Gasteiger partial charge in [0.25, 0.3) is 0 Å². The van der Waals surface area contributed by atoms with Gasteiger partial charge in [-0.15, -0.1) is 0 Å². The van der Waals surface area contributed by atoms with Gasteiger partial charge in [0.15, 0.2) is 0 Å². The summed E-state index contributed by atoms with van der Waals surface area (Å²) < 4.78 is 4.94. The van der Waals surface area contributed by atoms with E-state index in [1.807, 2.05) is 19.1 Å². The quantitative estimate of drug-likeness (QED) is 0.718. The molecule has 0 aliphatic heterocycles. The first-order valence-electron chi connectivity index (χ1n) is 3.29. The van der Waals surface area contributed by atoms with Crippen molar-refractivity contribution in [3.8, 4) is 0 Å². The van der Waals surface area contributed by atoms with Crippen molar-refractivity contribution >= 4 is 26.2 Å².